The van der Waals surface area contributed by atoms with Gasteiger partial charge in [-0.15, -0.1) is 0 Å². The van der Waals surface area contributed by atoms with Crippen LogP contribution in [0.3, 0.4) is 0 Å². The average molecular weight is 312 g/mol. The van der Waals surface area contributed by atoms with Gasteiger partial charge in [-0.05, 0) is 38.9 Å². The minimum atomic E-state index is -0.781. The fourth-order valence-corrected chi connectivity index (χ4v) is 2.68. The summed E-state index contributed by atoms with van der Waals surface area (Å²) in [6, 6.07) is 3.06. The summed E-state index contributed by atoms with van der Waals surface area (Å²) in [7, 11) is 0. The Labute approximate surface area is 129 Å². The predicted octanol–water partition coefficient (Wildman–Crippen LogP) is 2.39. The lowest BCUT2D eigenvalue weighted by Gasteiger charge is -2.25. The zero-order chi connectivity index (χ0) is 16.3. The third kappa shape index (κ3) is 4.48. The van der Waals surface area contributed by atoms with Crippen molar-refractivity contribution in [3.63, 3.8) is 0 Å². The van der Waals surface area contributed by atoms with Crippen molar-refractivity contribution >= 4 is 11.6 Å². The number of nitrogens with zero attached hydrogens (tertiary/aromatic N) is 1. The molecule has 1 heterocycles. The molecule has 22 heavy (non-hydrogen) atoms. The molecule has 1 aliphatic rings. The van der Waals surface area contributed by atoms with Crippen molar-refractivity contribution < 1.29 is 18.7 Å². The summed E-state index contributed by atoms with van der Waals surface area (Å²) < 4.78 is 26.2. The molecule has 0 spiro atoms. The predicted molar refractivity (Wildman–Crippen MR) is 80.4 cm³/mol. The third-order valence-corrected chi connectivity index (χ3v) is 4.13. The molecule has 0 radical (unpaired) electrons. The Morgan fingerprint density at radius 2 is 2.18 bits per heavy atom. The van der Waals surface area contributed by atoms with Gasteiger partial charge in [0.15, 0.2) is 0 Å². The first-order valence-electron chi connectivity index (χ1n) is 7.45. The quantitative estimate of drug-likeness (QED) is 0.878. The molecule has 1 aromatic rings. The molecule has 4 nitrogen and oxygen atoms in total. The topological polar surface area (TPSA) is 52.6 Å². The number of carbonyl (C=O) groups is 1. The number of aliphatic hydroxyl groups is 1. The molecule has 0 unspecified atom stereocenters. The van der Waals surface area contributed by atoms with Crippen LogP contribution in [-0.4, -0.2) is 41.1 Å². The number of likely N-dealkylation sites (tertiary alicyclic amines) is 1. The van der Waals surface area contributed by atoms with Crippen LogP contribution in [-0.2, 0) is 4.79 Å². The van der Waals surface area contributed by atoms with Gasteiger partial charge in [-0.2, -0.15) is 0 Å². The average Bonchev–Trinajstić information content (AvgIpc) is 2.88. The second-order valence-corrected chi connectivity index (χ2v) is 6.36. The molecular weight excluding hydrogens is 290 g/mol. The molecule has 2 N–H and O–H groups in total. The van der Waals surface area contributed by atoms with Crippen LogP contribution in [0.15, 0.2) is 18.2 Å². The van der Waals surface area contributed by atoms with Crippen LogP contribution in [0.25, 0.3) is 0 Å². The zero-order valence-electron chi connectivity index (χ0n) is 12.9. The number of amides is 1. The van der Waals surface area contributed by atoms with E-state index in [9.17, 15) is 18.7 Å². The van der Waals surface area contributed by atoms with Crippen molar-refractivity contribution in [3.05, 3.63) is 29.8 Å². The Kier molecular flexibility index (Phi) is 5.13. The van der Waals surface area contributed by atoms with Crippen LogP contribution in [0.2, 0.25) is 0 Å². The standard InChI is InChI=1S/C16H22F2N2O2/c1-16(2,22)11-5-7-20(10-11)8-6-15(21)19-14-4-3-12(17)9-13(14)18/h3-4,9,11,22H,5-8,10H2,1-2H3,(H,19,21)/t11-/m0/s1. The van der Waals surface area contributed by atoms with Crippen LogP contribution in [0.1, 0.15) is 26.7 Å². The second-order valence-electron chi connectivity index (χ2n) is 6.36. The summed E-state index contributed by atoms with van der Waals surface area (Å²) in [6.45, 7) is 5.74. The largest absolute Gasteiger partial charge is 0.390 e. The highest BCUT2D eigenvalue weighted by Gasteiger charge is 2.33. The van der Waals surface area contributed by atoms with Crippen molar-refractivity contribution in [2.75, 3.05) is 25.0 Å². The van der Waals surface area contributed by atoms with Gasteiger partial charge >= 0.3 is 0 Å². The van der Waals surface area contributed by atoms with Gasteiger partial charge in [-0.25, -0.2) is 8.78 Å². The number of nitrogens with one attached hydrogen (secondary N) is 1. The van der Waals surface area contributed by atoms with Crippen LogP contribution in [0.5, 0.6) is 0 Å². The van der Waals surface area contributed by atoms with Gasteiger partial charge in [0.2, 0.25) is 5.91 Å². The molecule has 122 valence electrons. The van der Waals surface area contributed by atoms with Gasteiger partial charge in [0.05, 0.1) is 11.3 Å². The highest BCUT2D eigenvalue weighted by Crippen LogP contribution is 2.27. The molecule has 0 saturated carbocycles. The lowest BCUT2D eigenvalue weighted by atomic mass is 9.90. The van der Waals surface area contributed by atoms with E-state index in [1.54, 1.807) is 13.8 Å². The van der Waals surface area contributed by atoms with E-state index in [1.807, 2.05) is 0 Å². The normalized spacial score (nSPS) is 19.4. The maximum atomic E-state index is 13.4. The molecule has 1 aliphatic heterocycles. The monoisotopic (exact) mass is 312 g/mol. The van der Waals surface area contributed by atoms with Crippen molar-refractivity contribution in [3.8, 4) is 0 Å². The van der Waals surface area contributed by atoms with Gasteiger partial charge < -0.3 is 15.3 Å². The van der Waals surface area contributed by atoms with Crippen LogP contribution < -0.4 is 5.32 Å². The van der Waals surface area contributed by atoms with Crippen molar-refractivity contribution in [1.82, 2.24) is 4.90 Å². The van der Waals surface area contributed by atoms with Gasteiger partial charge in [-0.1, -0.05) is 0 Å². The number of rotatable bonds is 5. The number of halogens is 2. The first-order chi connectivity index (χ1) is 10.3. The number of carbonyl (C=O) groups excluding carboxylic acids is 1. The van der Waals surface area contributed by atoms with Crippen molar-refractivity contribution in [1.29, 1.82) is 0 Å². The van der Waals surface area contributed by atoms with Crippen LogP contribution in [0.4, 0.5) is 14.5 Å². The fraction of sp³-hybridized carbons (Fsp3) is 0.562. The number of benzene rings is 1. The minimum absolute atomic E-state index is 0.0119. The molecule has 0 bridgehead atoms. The smallest absolute Gasteiger partial charge is 0.225 e. The lowest BCUT2D eigenvalue weighted by molar-refractivity contribution is -0.116. The van der Waals surface area contributed by atoms with E-state index in [4.69, 9.17) is 0 Å². The first-order valence-corrected chi connectivity index (χ1v) is 7.45. The molecule has 1 fully saturated rings. The van der Waals surface area contributed by atoms with E-state index in [2.05, 4.69) is 10.2 Å². The highest BCUT2D eigenvalue weighted by atomic mass is 19.1. The van der Waals surface area contributed by atoms with Crippen molar-refractivity contribution in [2.24, 2.45) is 5.92 Å². The molecule has 0 aromatic heterocycles. The number of hydrogen-bond donors (Lipinski definition) is 2. The van der Waals surface area contributed by atoms with E-state index in [-0.39, 0.29) is 23.9 Å². The summed E-state index contributed by atoms with van der Waals surface area (Å²) in [6.07, 6.45) is 1.13. The molecule has 1 atom stereocenters. The SMILES string of the molecule is CC(C)(O)[C@H]1CCN(CCC(=O)Nc2ccc(F)cc2F)C1. The Morgan fingerprint density at radius 1 is 1.45 bits per heavy atom. The Hall–Kier alpha value is -1.53. The summed E-state index contributed by atoms with van der Waals surface area (Å²) in [5.41, 5.74) is -0.726. The van der Waals surface area contributed by atoms with Gasteiger partial charge in [0, 0.05) is 31.5 Å². The number of anilines is 1. The van der Waals surface area contributed by atoms with Gasteiger partial charge in [-0.3, -0.25) is 4.79 Å². The Morgan fingerprint density at radius 3 is 2.77 bits per heavy atom. The molecule has 1 amide bonds. The van der Waals surface area contributed by atoms with Gasteiger partial charge in [0.25, 0.3) is 0 Å². The van der Waals surface area contributed by atoms with Crippen LogP contribution >= 0.6 is 0 Å². The van der Waals surface area contributed by atoms with E-state index >= 15 is 0 Å². The summed E-state index contributed by atoms with van der Waals surface area (Å²) in [5.74, 6) is -1.57. The molecule has 2 rings (SSSR count). The van der Waals surface area contributed by atoms with E-state index in [0.717, 1.165) is 31.6 Å². The summed E-state index contributed by atoms with van der Waals surface area (Å²) in [5, 5.41) is 12.4. The molecule has 1 aromatic carbocycles. The molecule has 6 heteroatoms. The zero-order valence-corrected chi connectivity index (χ0v) is 12.9. The second kappa shape index (κ2) is 6.71. The maximum Gasteiger partial charge on any atom is 0.225 e. The van der Waals surface area contributed by atoms with E-state index < -0.39 is 17.2 Å². The van der Waals surface area contributed by atoms with E-state index in [1.165, 1.54) is 6.07 Å². The Bertz CT molecular complexity index is 543. The molecule has 1 saturated heterocycles. The third-order valence-electron chi connectivity index (χ3n) is 4.13. The Balaban J connectivity index is 1.79. The van der Waals surface area contributed by atoms with E-state index in [0.29, 0.717) is 6.54 Å². The lowest BCUT2D eigenvalue weighted by Crippen LogP contribution is -2.34. The fourth-order valence-electron chi connectivity index (χ4n) is 2.68. The van der Waals surface area contributed by atoms with Crippen LogP contribution in [0, 0.1) is 17.6 Å². The number of hydrogen-bond acceptors (Lipinski definition) is 3. The summed E-state index contributed by atoms with van der Waals surface area (Å²) >= 11 is 0. The minimum Gasteiger partial charge on any atom is -0.390 e. The van der Waals surface area contributed by atoms with Gasteiger partial charge in [0.1, 0.15) is 11.6 Å². The molecule has 0 aliphatic carbocycles. The van der Waals surface area contributed by atoms with Crippen molar-refractivity contribution in [2.45, 2.75) is 32.3 Å². The maximum absolute atomic E-state index is 13.4. The highest BCUT2D eigenvalue weighted by molar-refractivity contribution is 5.90. The first kappa shape index (κ1) is 16.8. The molecular formula is C16H22F2N2O2. The summed E-state index contributed by atoms with van der Waals surface area (Å²) in [4.78, 5) is 14.0.